The Bertz CT molecular complexity index is 470. The normalized spacial score (nSPS) is 11.6. The molecule has 1 unspecified atom stereocenters. The van der Waals surface area contributed by atoms with Gasteiger partial charge in [-0.2, -0.15) is 0 Å². The van der Waals surface area contributed by atoms with Gasteiger partial charge in [0.2, 0.25) is 0 Å². The summed E-state index contributed by atoms with van der Waals surface area (Å²) in [4.78, 5) is 21.6. The summed E-state index contributed by atoms with van der Waals surface area (Å²) in [6.45, 7) is 1.65. The van der Waals surface area contributed by atoms with Crippen molar-refractivity contribution < 1.29 is 9.72 Å². The monoisotopic (exact) mass is 221 g/mol. The van der Waals surface area contributed by atoms with Gasteiger partial charge in [0.15, 0.2) is 5.69 Å². The zero-order valence-electron chi connectivity index (χ0n) is 8.93. The topological polar surface area (TPSA) is 77.2 Å². The maximum Gasteiger partial charge on any atom is 0.323 e. The number of amides is 1. The van der Waals surface area contributed by atoms with E-state index in [2.05, 4.69) is 11.2 Å². The maximum atomic E-state index is 11.6. The van der Waals surface area contributed by atoms with Gasteiger partial charge in [-0.1, -0.05) is 5.92 Å². The average molecular weight is 221 g/mol. The molecule has 84 valence electrons. The Morgan fingerprint density at radius 1 is 1.69 bits per heavy atom. The molecule has 0 aliphatic carbocycles. The Labute approximate surface area is 92.4 Å². The Kier molecular flexibility index (Phi) is 3.30. The molecule has 6 nitrogen and oxygen atoms in total. The Morgan fingerprint density at radius 2 is 2.31 bits per heavy atom. The Hall–Kier alpha value is -2.29. The van der Waals surface area contributed by atoms with Crippen LogP contribution in [0, 0.1) is 22.5 Å². The molecule has 1 N–H and O–H groups in total. The molecule has 0 saturated heterocycles. The molecule has 0 bridgehead atoms. The number of aromatic nitrogens is 1. The van der Waals surface area contributed by atoms with Crippen LogP contribution >= 0.6 is 0 Å². The third-order valence-electron chi connectivity index (χ3n) is 2.11. The van der Waals surface area contributed by atoms with E-state index in [1.165, 1.54) is 23.7 Å². The molecule has 6 heteroatoms. The van der Waals surface area contributed by atoms with Gasteiger partial charge < -0.3 is 15.4 Å². The predicted octanol–water partition coefficient (Wildman–Crippen LogP) is 0.685. The van der Waals surface area contributed by atoms with Crippen LogP contribution < -0.4 is 5.32 Å². The number of nitrogens with zero attached hydrogens (tertiary/aromatic N) is 2. The van der Waals surface area contributed by atoms with Crippen LogP contribution in [0.3, 0.4) is 0 Å². The minimum absolute atomic E-state index is 0.140. The number of rotatable bonds is 3. The van der Waals surface area contributed by atoms with Crippen molar-refractivity contribution in [3.8, 4) is 12.3 Å². The molecule has 1 rings (SSSR count). The third kappa shape index (κ3) is 2.20. The van der Waals surface area contributed by atoms with Crippen molar-refractivity contribution in [2.24, 2.45) is 7.05 Å². The molecule has 1 atom stereocenters. The highest BCUT2D eigenvalue weighted by Crippen LogP contribution is 2.14. The second-order valence-corrected chi connectivity index (χ2v) is 3.25. The van der Waals surface area contributed by atoms with Gasteiger partial charge >= 0.3 is 5.82 Å². The van der Waals surface area contributed by atoms with Crippen molar-refractivity contribution in [1.82, 2.24) is 9.88 Å². The van der Waals surface area contributed by atoms with E-state index < -0.39 is 16.9 Å². The van der Waals surface area contributed by atoms with Crippen molar-refractivity contribution in [3.05, 3.63) is 27.9 Å². The zero-order valence-corrected chi connectivity index (χ0v) is 8.93. The molecule has 0 spiro atoms. The highest BCUT2D eigenvalue weighted by molar-refractivity contribution is 5.93. The van der Waals surface area contributed by atoms with E-state index in [1.807, 2.05) is 0 Å². The van der Waals surface area contributed by atoms with Crippen LogP contribution in [-0.2, 0) is 7.05 Å². The highest BCUT2D eigenvalue weighted by Gasteiger charge is 2.20. The van der Waals surface area contributed by atoms with Crippen LogP contribution in [0.5, 0.6) is 0 Å². The van der Waals surface area contributed by atoms with E-state index in [0.717, 1.165) is 0 Å². The summed E-state index contributed by atoms with van der Waals surface area (Å²) in [5.74, 6) is 1.77. The fraction of sp³-hybridized carbons (Fsp3) is 0.300. The first-order chi connectivity index (χ1) is 7.47. The molecule has 1 aromatic heterocycles. The Morgan fingerprint density at radius 3 is 2.75 bits per heavy atom. The molecule has 16 heavy (non-hydrogen) atoms. The van der Waals surface area contributed by atoms with Crippen LogP contribution in [0.25, 0.3) is 0 Å². The largest absolute Gasteiger partial charge is 0.358 e. The molecule has 1 amide bonds. The van der Waals surface area contributed by atoms with E-state index in [1.54, 1.807) is 6.92 Å². The number of carbonyl (C=O) groups excluding carboxylic acids is 1. The first-order valence-electron chi connectivity index (χ1n) is 4.54. The van der Waals surface area contributed by atoms with Gasteiger partial charge in [-0.3, -0.25) is 4.79 Å². The molecule has 0 aliphatic rings. The number of hydrogen-bond acceptors (Lipinski definition) is 3. The van der Waals surface area contributed by atoms with Gasteiger partial charge in [0.1, 0.15) is 0 Å². The van der Waals surface area contributed by atoms with Gasteiger partial charge in [-0.25, -0.2) is 4.57 Å². The number of carbonyl (C=O) groups is 1. The number of hydrogen-bond donors (Lipinski definition) is 1. The van der Waals surface area contributed by atoms with E-state index in [4.69, 9.17) is 6.42 Å². The molecular formula is C10H11N3O3. The lowest BCUT2D eigenvalue weighted by molar-refractivity contribution is -0.391. The first-order valence-corrected chi connectivity index (χ1v) is 4.54. The van der Waals surface area contributed by atoms with Crippen molar-refractivity contribution in [2.75, 3.05) is 0 Å². The Balaban J connectivity index is 2.94. The summed E-state index contributed by atoms with van der Waals surface area (Å²) >= 11 is 0. The second-order valence-electron chi connectivity index (χ2n) is 3.25. The van der Waals surface area contributed by atoms with E-state index in [-0.39, 0.29) is 11.5 Å². The first kappa shape index (κ1) is 11.8. The molecule has 0 saturated carbocycles. The van der Waals surface area contributed by atoms with Crippen molar-refractivity contribution >= 4 is 11.7 Å². The lowest BCUT2D eigenvalue weighted by Crippen LogP contribution is -2.32. The minimum Gasteiger partial charge on any atom is -0.358 e. The standard InChI is InChI=1S/C10H11N3O3/c1-4-7(2)11-10(14)8-5-6-9(12(8)3)13(15)16/h1,5-7H,2-3H3,(H,11,14). The number of terminal acetylenes is 1. The van der Waals surface area contributed by atoms with Crippen LogP contribution in [0.2, 0.25) is 0 Å². The molecule has 0 aromatic carbocycles. The van der Waals surface area contributed by atoms with Crippen LogP contribution in [-0.4, -0.2) is 21.4 Å². The fourth-order valence-corrected chi connectivity index (χ4v) is 1.22. The number of nitro groups is 1. The van der Waals surface area contributed by atoms with Gasteiger partial charge in [0.25, 0.3) is 5.91 Å². The van der Waals surface area contributed by atoms with Gasteiger partial charge in [0, 0.05) is 6.07 Å². The van der Waals surface area contributed by atoms with E-state index >= 15 is 0 Å². The average Bonchev–Trinajstić information content (AvgIpc) is 2.59. The van der Waals surface area contributed by atoms with E-state index in [0.29, 0.717) is 0 Å². The fourth-order valence-electron chi connectivity index (χ4n) is 1.22. The van der Waals surface area contributed by atoms with Gasteiger partial charge in [0.05, 0.1) is 13.1 Å². The summed E-state index contributed by atoms with van der Waals surface area (Å²) in [5, 5.41) is 13.1. The number of nitrogens with one attached hydrogen (secondary N) is 1. The van der Waals surface area contributed by atoms with Gasteiger partial charge in [-0.15, -0.1) is 6.42 Å². The summed E-state index contributed by atoms with van der Waals surface area (Å²) in [6.07, 6.45) is 5.11. The summed E-state index contributed by atoms with van der Waals surface area (Å²) < 4.78 is 1.21. The van der Waals surface area contributed by atoms with Gasteiger partial charge in [-0.05, 0) is 17.9 Å². The minimum atomic E-state index is -0.554. The molecule has 0 radical (unpaired) electrons. The summed E-state index contributed by atoms with van der Waals surface area (Å²) in [5.41, 5.74) is 0.203. The smallest absolute Gasteiger partial charge is 0.323 e. The quantitative estimate of drug-likeness (QED) is 0.463. The molecule has 1 heterocycles. The lowest BCUT2D eigenvalue weighted by atomic mass is 10.3. The second kappa shape index (κ2) is 4.49. The third-order valence-corrected chi connectivity index (χ3v) is 2.11. The molecule has 0 aliphatic heterocycles. The van der Waals surface area contributed by atoms with E-state index in [9.17, 15) is 14.9 Å². The zero-order chi connectivity index (χ0) is 12.3. The highest BCUT2D eigenvalue weighted by atomic mass is 16.6. The molecule has 0 fully saturated rings. The van der Waals surface area contributed by atoms with Crippen LogP contribution in [0.4, 0.5) is 5.82 Å². The van der Waals surface area contributed by atoms with Crippen LogP contribution in [0.1, 0.15) is 17.4 Å². The molecule has 1 aromatic rings. The summed E-state index contributed by atoms with van der Waals surface area (Å²) in [7, 11) is 1.45. The van der Waals surface area contributed by atoms with Crippen molar-refractivity contribution in [1.29, 1.82) is 0 Å². The predicted molar refractivity (Wildman–Crippen MR) is 57.8 cm³/mol. The SMILES string of the molecule is C#CC(C)NC(=O)c1ccc([N+](=O)[O-])n1C. The maximum absolute atomic E-state index is 11.6. The summed E-state index contributed by atoms with van der Waals surface area (Å²) in [6, 6.07) is 2.24. The lowest BCUT2D eigenvalue weighted by Gasteiger charge is -2.06. The van der Waals surface area contributed by atoms with Crippen molar-refractivity contribution in [2.45, 2.75) is 13.0 Å². The molecular weight excluding hydrogens is 210 g/mol. The van der Waals surface area contributed by atoms with Crippen LogP contribution in [0.15, 0.2) is 12.1 Å². The van der Waals surface area contributed by atoms with Crippen molar-refractivity contribution in [3.63, 3.8) is 0 Å².